The van der Waals surface area contributed by atoms with E-state index in [1.165, 1.54) is 12.2 Å². The zero-order chi connectivity index (χ0) is 36.7. The number of hydrogen-bond acceptors (Lipinski definition) is 13. The van der Waals surface area contributed by atoms with Gasteiger partial charge in [0.1, 0.15) is 51.7 Å². The van der Waals surface area contributed by atoms with Crippen molar-refractivity contribution in [3.63, 3.8) is 0 Å². The summed E-state index contributed by atoms with van der Waals surface area (Å²) in [5.74, 6) is -1.72. The smallest absolute Gasteiger partial charge is 0.269 e. The predicted molar refractivity (Wildman–Crippen MR) is 198 cm³/mol. The maximum absolute atomic E-state index is 12.8. The first-order valence-corrected chi connectivity index (χ1v) is 19.5. The van der Waals surface area contributed by atoms with E-state index >= 15 is 0 Å². The van der Waals surface area contributed by atoms with E-state index in [1.807, 2.05) is 0 Å². The minimum absolute atomic E-state index is 0.0323. The summed E-state index contributed by atoms with van der Waals surface area (Å²) in [5.41, 5.74) is -2.48. The van der Waals surface area contributed by atoms with Crippen LogP contribution in [0.5, 0.6) is 5.75 Å². The molecule has 2 aliphatic carbocycles. The zero-order valence-corrected chi connectivity index (χ0v) is 34.6. The van der Waals surface area contributed by atoms with Crippen molar-refractivity contribution in [2.45, 2.75) is 58.1 Å². The van der Waals surface area contributed by atoms with Crippen molar-refractivity contribution < 1.29 is 54.0 Å². The lowest BCUT2D eigenvalue weighted by atomic mass is 9.83. The molecule has 2 aliphatic heterocycles. The van der Waals surface area contributed by atoms with Gasteiger partial charge >= 0.3 is 0 Å². The van der Waals surface area contributed by atoms with Crippen molar-refractivity contribution >= 4 is 130 Å². The highest BCUT2D eigenvalue weighted by Crippen LogP contribution is 2.41. The number of oxime groups is 2. The Labute approximate surface area is 334 Å². The Morgan fingerprint density at radius 3 is 1.74 bits per heavy atom. The van der Waals surface area contributed by atoms with Crippen molar-refractivity contribution in [2.75, 3.05) is 19.7 Å². The van der Waals surface area contributed by atoms with Gasteiger partial charge in [-0.15, -0.1) is 0 Å². The molecule has 0 unspecified atom stereocenters. The molecular formula is C29H26Br6N4O11. The average molecular weight is 1090 g/mol. The minimum atomic E-state index is -1.41. The second-order valence-electron chi connectivity index (χ2n) is 11.6. The summed E-state index contributed by atoms with van der Waals surface area (Å²) in [4.78, 5) is 58.6. The highest BCUT2D eigenvalue weighted by Gasteiger charge is 2.54. The number of amides is 2. The third kappa shape index (κ3) is 8.01. The molecule has 50 heavy (non-hydrogen) atoms. The van der Waals surface area contributed by atoms with Gasteiger partial charge in [-0.3, -0.25) is 19.2 Å². The Morgan fingerprint density at radius 2 is 1.28 bits per heavy atom. The number of aliphatic hydroxyl groups is 4. The van der Waals surface area contributed by atoms with E-state index < -0.39 is 57.1 Å². The number of carbonyl (C=O) groups excluding carboxylic acids is 4. The fourth-order valence-corrected chi connectivity index (χ4v) is 10.0. The Hall–Kier alpha value is -1.56. The molecule has 4 aliphatic rings. The summed E-state index contributed by atoms with van der Waals surface area (Å²) in [5, 5.41) is 55.2. The number of aliphatic hydroxyl groups excluding tert-OH is 4. The molecule has 1 aromatic rings. The molecule has 2 amide bonds. The average Bonchev–Trinajstić information content (AvgIpc) is 3.71. The molecule has 8 atom stereocenters. The molecule has 0 radical (unpaired) electrons. The monoisotopic (exact) mass is 1080 g/mol. The molecule has 1 aromatic carbocycles. The van der Waals surface area contributed by atoms with E-state index in [1.54, 1.807) is 12.1 Å². The topological polar surface area (TPSA) is 226 Å². The SMILES string of the molecule is O=C(NC[C@@H](O)COc1c(Br)cc([C@@H](O)CNC(=O)C2=NO[C@]3(C=C(Br)C(=O)[C@@H](Br)[C@@H]3O)C2)cc1Br)C1=NO[C@]2(C=C(Br)C(=O)[C@@H](Br)[C@@H]2O)C1. The zero-order valence-electron chi connectivity index (χ0n) is 25.1. The van der Waals surface area contributed by atoms with E-state index in [0.29, 0.717) is 20.3 Å². The van der Waals surface area contributed by atoms with E-state index in [9.17, 15) is 39.6 Å². The van der Waals surface area contributed by atoms with Crippen molar-refractivity contribution in [3.8, 4) is 5.75 Å². The van der Waals surface area contributed by atoms with Crippen LogP contribution in [0.3, 0.4) is 0 Å². The highest BCUT2D eigenvalue weighted by atomic mass is 79.9. The molecule has 0 aromatic heterocycles. The van der Waals surface area contributed by atoms with Gasteiger partial charge in [0, 0.05) is 25.9 Å². The van der Waals surface area contributed by atoms with Crippen LogP contribution < -0.4 is 15.4 Å². The van der Waals surface area contributed by atoms with Gasteiger partial charge in [0.25, 0.3) is 11.8 Å². The number of nitrogens with one attached hydrogen (secondary N) is 2. The van der Waals surface area contributed by atoms with E-state index in [-0.39, 0.29) is 64.5 Å². The van der Waals surface area contributed by atoms with E-state index in [2.05, 4.69) is 117 Å². The molecule has 15 nitrogen and oxygen atoms in total. The van der Waals surface area contributed by atoms with Crippen molar-refractivity contribution in [1.29, 1.82) is 0 Å². The van der Waals surface area contributed by atoms with Crippen LogP contribution in [0.4, 0.5) is 0 Å². The summed E-state index contributed by atoms with van der Waals surface area (Å²) in [7, 11) is 0. The lowest BCUT2D eigenvalue weighted by Crippen LogP contribution is -2.52. The highest BCUT2D eigenvalue weighted by molar-refractivity contribution is 9.12. The number of nitrogens with zero attached hydrogens (tertiary/aromatic N) is 2. The van der Waals surface area contributed by atoms with Crippen LogP contribution in [0.25, 0.3) is 0 Å². The Morgan fingerprint density at radius 1 is 0.840 bits per heavy atom. The number of alkyl halides is 2. The number of rotatable bonds is 10. The van der Waals surface area contributed by atoms with Gasteiger partial charge in [-0.1, -0.05) is 42.2 Å². The fraction of sp³-hybridized carbons (Fsp3) is 0.448. The number of carbonyl (C=O) groups is 4. The first kappa shape index (κ1) is 39.6. The van der Waals surface area contributed by atoms with Gasteiger partial charge in [-0.2, -0.15) is 0 Å². The molecule has 0 saturated heterocycles. The molecule has 0 bridgehead atoms. The molecule has 2 spiro atoms. The summed E-state index contributed by atoms with van der Waals surface area (Å²) < 4.78 is 6.94. The van der Waals surface area contributed by atoms with Gasteiger partial charge in [0.2, 0.25) is 0 Å². The van der Waals surface area contributed by atoms with Gasteiger partial charge in [0.05, 0.1) is 24.0 Å². The van der Waals surface area contributed by atoms with E-state index in [4.69, 9.17) is 14.4 Å². The Balaban J connectivity index is 1.09. The van der Waals surface area contributed by atoms with E-state index in [0.717, 1.165) is 0 Å². The quantitative estimate of drug-likeness (QED) is 0.187. The molecule has 2 heterocycles. The molecule has 0 fully saturated rings. The fourth-order valence-electron chi connectivity index (χ4n) is 5.31. The summed E-state index contributed by atoms with van der Waals surface area (Å²) in [6, 6.07) is 3.13. The standard InChI is InChI=1S/C29H26Br6N4O11/c30-12-1-10(18(41)8-37-27(47)17-6-29(50-39-17)4-15(33)22(43)20(35)25(29)45)2-13(31)23(12)48-9-11(40)7-36-26(46)16-5-28(49-38-16)3-14(32)21(42)19(34)24(28)44/h1-4,11,18-20,24-25,40-41,44-45H,5-9H2,(H,36,46)(H,37,47)/t11-,18+,19-,20-,24+,25+,28-,29-/m1/s1. The van der Waals surface area contributed by atoms with Gasteiger partial charge in [-0.05, 0) is 93.6 Å². The summed E-state index contributed by atoms with van der Waals surface area (Å²) >= 11 is 19.3. The number of ether oxygens (including phenoxy) is 1. The van der Waals surface area contributed by atoms with Crippen LogP contribution >= 0.6 is 95.6 Å². The predicted octanol–water partition coefficient (Wildman–Crippen LogP) is 2.22. The van der Waals surface area contributed by atoms with Crippen LogP contribution in [0.2, 0.25) is 0 Å². The first-order chi connectivity index (χ1) is 23.5. The molecule has 21 heteroatoms. The van der Waals surface area contributed by atoms with Crippen molar-refractivity contribution in [2.24, 2.45) is 10.3 Å². The number of halogens is 6. The van der Waals surface area contributed by atoms with Crippen LogP contribution in [0.1, 0.15) is 24.5 Å². The van der Waals surface area contributed by atoms with Gasteiger partial charge < -0.3 is 45.5 Å². The van der Waals surface area contributed by atoms with Crippen LogP contribution in [-0.2, 0) is 28.9 Å². The number of hydrogen-bond donors (Lipinski definition) is 6. The van der Waals surface area contributed by atoms with Crippen LogP contribution in [0, 0.1) is 0 Å². The van der Waals surface area contributed by atoms with Crippen LogP contribution in [0.15, 0.2) is 52.5 Å². The molecule has 270 valence electrons. The first-order valence-electron chi connectivity index (χ1n) is 14.5. The molecular weight excluding hydrogens is 1060 g/mol. The summed E-state index contributed by atoms with van der Waals surface area (Å²) in [6.45, 7) is -0.653. The Kier molecular flexibility index (Phi) is 12.5. The number of ketones is 2. The molecule has 5 rings (SSSR count). The van der Waals surface area contributed by atoms with Crippen molar-refractivity contribution in [1.82, 2.24) is 10.6 Å². The maximum Gasteiger partial charge on any atom is 0.269 e. The third-order valence-corrected chi connectivity index (χ3v) is 12.4. The maximum atomic E-state index is 12.8. The second kappa shape index (κ2) is 15.8. The van der Waals surface area contributed by atoms with Gasteiger partial charge in [0.15, 0.2) is 22.8 Å². The number of allylic oxidation sites excluding steroid dienone is 2. The number of benzene rings is 1. The van der Waals surface area contributed by atoms with Gasteiger partial charge in [-0.25, -0.2) is 0 Å². The summed E-state index contributed by atoms with van der Waals surface area (Å²) in [6.07, 6.45) is -2.36. The number of Topliss-reactive ketones (excluding diaryl/α,β-unsaturated/α-hetero) is 2. The Bertz CT molecular complexity index is 1720. The minimum Gasteiger partial charge on any atom is -0.488 e. The third-order valence-electron chi connectivity index (χ3n) is 8.11. The normalized spacial score (nSPS) is 30.1. The lowest BCUT2D eigenvalue weighted by molar-refractivity contribution is -0.125. The molecule has 0 saturated carbocycles. The molecule has 6 N–H and O–H groups in total. The van der Waals surface area contributed by atoms with Crippen LogP contribution in [-0.4, -0.2) is 114 Å². The van der Waals surface area contributed by atoms with Crippen molar-refractivity contribution in [3.05, 3.63) is 47.8 Å². The lowest BCUT2D eigenvalue weighted by Gasteiger charge is -2.34. The largest absolute Gasteiger partial charge is 0.488 e. The second-order valence-corrected chi connectivity index (χ2v) is 17.0.